The monoisotopic (exact) mass is 342 g/mol. The fourth-order valence-corrected chi connectivity index (χ4v) is 3.11. The van der Waals surface area contributed by atoms with E-state index in [2.05, 4.69) is 8.75 Å². The Balaban J connectivity index is 1.95. The SMILES string of the molecule is O=C1OC(=O)C(c2ccc3nsnc3c2)=C1c1ccc(Cl)cc1. The van der Waals surface area contributed by atoms with E-state index in [9.17, 15) is 9.59 Å². The standard InChI is InChI=1S/C16H7ClN2O3S/c17-10-4-1-8(2-5-10)13-14(16(21)22-15(13)20)9-3-6-11-12(7-9)19-23-18-11/h1-7H. The number of fused-ring (bicyclic) bond motifs is 1. The molecule has 112 valence electrons. The molecule has 0 spiro atoms. The van der Waals surface area contributed by atoms with Crippen LogP contribution in [0.3, 0.4) is 0 Å². The molecular formula is C16H7ClN2O3S. The van der Waals surface area contributed by atoms with Crippen molar-refractivity contribution in [2.45, 2.75) is 0 Å². The molecule has 2 heterocycles. The Morgan fingerprint density at radius 3 is 2.17 bits per heavy atom. The topological polar surface area (TPSA) is 69.2 Å². The molecule has 0 saturated carbocycles. The lowest BCUT2D eigenvalue weighted by Crippen LogP contribution is -2.02. The molecule has 5 nitrogen and oxygen atoms in total. The van der Waals surface area contributed by atoms with Crippen molar-refractivity contribution in [3.05, 3.63) is 58.6 Å². The molecule has 1 aliphatic heterocycles. The van der Waals surface area contributed by atoms with Crippen LogP contribution in [0.4, 0.5) is 0 Å². The number of aromatic nitrogens is 2. The molecule has 0 atom stereocenters. The Kier molecular flexibility index (Phi) is 3.21. The highest BCUT2D eigenvalue weighted by Gasteiger charge is 2.35. The number of carbonyl (C=O) groups is 2. The number of hydrogen-bond acceptors (Lipinski definition) is 6. The first-order chi connectivity index (χ1) is 11.1. The van der Waals surface area contributed by atoms with Crippen LogP contribution in [0.1, 0.15) is 11.1 Å². The highest BCUT2D eigenvalue weighted by atomic mass is 35.5. The number of ether oxygens (including phenoxy) is 1. The molecule has 0 radical (unpaired) electrons. The average Bonchev–Trinajstić information content (AvgIpc) is 3.11. The number of esters is 2. The molecule has 1 aliphatic rings. The fourth-order valence-electron chi connectivity index (χ4n) is 2.47. The molecule has 7 heteroatoms. The molecule has 0 fully saturated rings. The lowest BCUT2D eigenvalue weighted by Gasteiger charge is -2.03. The number of cyclic esters (lactones) is 2. The number of carbonyl (C=O) groups excluding carboxylic acids is 2. The lowest BCUT2D eigenvalue weighted by atomic mass is 9.96. The van der Waals surface area contributed by atoms with Crippen LogP contribution in [0.5, 0.6) is 0 Å². The van der Waals surface area contributed by atoms with E-state index in [0.717, 1.165) is 17.2 Å². The van der Waals surface area contributed by atoms with Gasteiger partial charge in [0.2, 0.25) is 0 Å². The van der Waals surface area contributed by atoms with Crippen LogP contribution >= 0.6 is 23.3 Å². The minimum Gasteiger partial charge on any atom is -0.386 e. The summed E-state index contributed by atoms with van der Waals surface area (Å²) in [6.07, 6.45) is 0. The smallest absolute Gasteiger partial charge is 0.347 e. The van der Waals surface area contributed by atoms with Gasteiger partial charge in [-0.1, -0.05) is 29.8 Å². The van der Waals surface area contributed by atoms with E-state index in [-0.39, 0.29) is 11.1 Å². The molecule has 0 bridgehead atoms. The maximum Gasteiger partial charge on any atom is 0.347 e. The van der Waals surface area contributed by atoms with Gasteiger partial charge in [0.25, 0.3) is 0 Å². The van der Waals surface area contributed by atoms with Crippen LogP contribution in [0, 0.1) is 0 Å². The van der Waals surface area contributed by atoms with E-state index < -0.39 is 11.9 Å². The van der Waals surface area contributed by atoms with E-state index in [0.29, 0.717) is 21.7 Å². The van der Waals surface area contributed by atoms with Gasteiger partial charge < -0.3 is 4.74 Å². The number of halogens is 1. The fraction of sp³-hybridized carbons (Fsp3) is 0. The summed E-state index contributed by atoms with van der Waals surface area (Å²) >= 11 is 6.97. The van der Waals surface area contributed by atoms with Crippen molar-refractivity contribution in [2.75, 3.05) is 0 Å². The zero-order valence-corrected chi connectivity index (χ0v) is 13.0. The zero-order chi connectivity index (χ0) is 16.0. The van der Waals surface area contributed by atoms with Gasteiger partial charge >= 0.3 is 11.9 Å². The molecule has 1 aromatic heterocycles. The molecule has 0 unspecified atom stereocenters. The van der Waals surface area contributed by atoms with Gasteiger partial charge in [0.1, 0.15) is 11.0 Å². The van der Waals surface area contributed by atoms with Crippen molar-refractivity contribution < 1.29 is 14.3 Å². The average molecular weight is 343 g/mol. The van der Waals surface area contributed by atoms with E-state index in [1.165, 1.54) is 0 Å². The van der Waals surface area contributed by atoms with Gasteiger partial charge in [0.15, 0.2) is 0 Å². The summed E-state index contributed by atoms with van der Waals surface area (Å²) in [5, 5.41) is 0.545. The first-order valence-corrected chi connectivity index (χ1v) is 7.74. The van der Waals surface area contributed by atoms with Crippen molar-refractivity contribution in [1.82, 2.24) is 8.75 Å². The van der Waals surface area contributed by atoms with E-state index in [1.807, 2.05) is 0 Å². The summed E-state index contributed by atoms with van der Waals surface area (Å²) in [6, 6.07) is 11.9. The minimum atomic E-state index is -0.664. The summed E-state index contributed by atoms with van der Waals surface area (Å²) in [7, 11) is 0. The Bertz CT molecular complexity index is 992. The van der Waals surface area contributed by atoms with E-state index >= 15 is 0 Å². The molecule has 0 aliphatic carbocycles. The molecular weight excluding hydrogens is 336 g/mol. The van der Waals surface area contributed by atoms with Crippen molar-refractivity contribution in [3.63, 3.8) is 0 Å². The number of nitrogens with zero attached hydrogens (tertiary/aromatic N) is 2. The summed E-state index contributed by atoms with van der Waals surface area (Å²) in [4.78, 5) is 24.3. The zero-order valence-electron chi connectivity index (χ0n) is 11.4. The third-order valence-corrected chi connectivity index (χ3v) is 4.33. The van der Waals surface area contributed by atoms with Crippen molar-refractivity contribution in [3.8, 4) is 0 Å². The van der Waals surface area contributed by atoms with Gasteiger partial charge in [-0.2, -0.15) is 8.75 Å². The van der Waals surface area contributed by atoms with Gasteiger partial charge in [-0.15, -0.1) is 0 Å². The molecule has 2 aromatic carbocycles. The third-order valence-electron chi connectivity index (χ3n) is 3.52. The van der Waals surface area contributed by atoms with E-state index in [4.69, 9.17) is 16.3 Å². The van der Waals surface area contributed by atoms with Gasteiger partial charge in [-0.3, -0.25) is 0 Å². The molecule has 23 heavy (non-hydrogen) atoms. The number of hydrogen-bond donors (Lipinski definition) is 0. The first-order valence-electron chi connectivity index (χ1n) is 6.63. The van der Waals surface area contributed by atoms with Gasteiger partial charge in [0, 0.05) is 5.02 Å². The summed E-state index contributed by atoms with van der Waals surface area (Å²) in [6.45, 7) is 0. The Hall–Kier alpha value is -2.57. The largest absolute Gasteiger partial charge is 0.386 e. The highest BCUT2D eigenvalue weighted by molar-refractivity contribution is 7.00. The maximum atomic E-state index is 12.1. The minimum absolute atomic E-state index is 0.229. The summed E-state index contributed by atoms with van der Waals surface area (Å²) in [5.74, 6) is -1.33. The van der Waals surface area contributed by atoms with Crippen LogP contribution in [-0.2, 0) is 14.3 Å². The third kappa shape index (κ3) is 2.32. The molecule has 3 aromatic rings. The van der Waals surface area contributed by atoms with Crippen LogP contribution < -0.4 is 0 Å². The normalized spacial score (nSPS) is 14.7. The van der Waals surface area contributed by atoms with Crippen LogP contribution in [-0.4, -0.2) is 20.7 Å². The first kappa shape index (κ1) is 14.0. The predicted octanol–water partition coefficient (Wildman–Crippen LogP) is 3.34. The second-order valence-electron chi connectivity index (χ2n) is 4.90. The second-order valence-corrected chi connectivity index (χ2v) is 5.87. The molecule has 0 N–H and O–H groups in total. The summed E-state index contributed by atoms with van der Waals surface area (Å²) < 4.78 is 13.1. The molecule has 4 rings (SSSR count). The Labute approximate surface area is 139 Å². The highest BCUT2D eigenvalue weighted by Crippen LogP contribution is 2.35. The van der Waals surface area contributed by atoms with Gasteiger partial charge in [-0.25, -0.2) is 9.59 Å². The van der Waals surface area contributed by atoms with Crippen molar-refractivity contribution in [1.29, 1.82) is 0 Å². The lowest BCUT2D eigenvalue weighted by molar-refractivity contribution is -0.149. The van der Waals surface area contributed by atoms with Crippen molar-refractivity contribution in [2.24, 2.45) is 0 Å². The second kappa shape index (κ2) is 5.26. The molecule has 0 saturated heterocycles. The van der Waals surface area contributed by atoms with Crippen molar-refractivity contribution >= 4 is 57.4 Å². The Morgan fingerprint density at radius 2 is 1.43 bits per heavy atom. The maximum absolute atomic E-state index is 12.1. The summed E-state index contributed by atoms with van der Waals surface area (Å²) in [5.41, 5.74) is 3.02. The van der Waals surface area contributed by atoms with Crippen LogP contribution in [0.15, 0.2) is 42.5 Å². The van der Waals surface area contributed by atoms with Crippen LogP contribution in [0.2, 0.25) is 5.02 Å². The Morgan fingerprint density at radius 1 is 0.826 bits per heavy atom. The number of rotatable bonds is 2. The van der Waals surface area contributed by atoms with Crippen LogP contribution in [0.25, 0.3) is 22.2 Å². The van der Waals surface area contributed by atoms with Gasteiger partial charge in [0.05, 0.1) is 22.9 Å². The van der Waals surface area contributed by atoms with E-state index in [1.54, 1.807) is 42.5 Å². The quantitative estimate of drug-likeness (QED) is 0.527. The molecule has 0 amide bonds. The predicted molar refractivity (Wildman–Crippen MR) is 86.8 cm³/mol. The number of benzene rings is 2. The van der Waals surface area contributed by atoms with Gasteiger partial charge in [-0.05, 0) is 35.4 Å².